The number of amides is 1. The van der Waals surface area contributed by atoms with Crippen molar-refractivity contribution in [3.8, 4) is 5.88 Å². The van der Waals surface area contributed by atoms with Crippen LogP contribution in [-0.2, 0) is 6.18 Å². The zero-order valence-corrected chi connectivity index (χ0v) is 16.9. The highest BCUT2D eigenvalue weighted by atomic mass is 19.4. The van der Waals surface area contributed by atoms with Crippen LogP contribution in [0.15, 0.2) is 36.7 Å². The second-order valence-corrected chi connectivity index (χ2v) is 8.51. The number of benzene rings is 1. The van der Waals surface area contributed by atoms with Gasteiger partial charge < -0.3 is 9.64 Å². The number of nitrogens with zero attached hydrogens (tertiary/aromatic N) is 4. The molecule has 9 heteroatoms. The number of carbonyl (C=O) groups excluding carboxylic acids is 1. The molecule has 0 N–H and O–H groups in total. The summed E-state index contributed by atoms with van der Waals surface area (Å²) in [4.78, 5) is 25.5. The van der Waals surface area contributed by atoms with Gasteiger partial charge in [0.15, 0.2) is 0 Å². The highest BCUT2D eigenvalue weighted by Gasteiger charge is 2.39. The molecular weight excluding hydrogens is 409 g/mol. The second kappa shape index (κ2) is 7.78. The summed E-state index contributed by atoms with van der Waals surface area (Å²) in [5.41, 5.74) is 0.278. The lowest BCUT2D eigenvalue weighted by molar-refractivity contribution is -0.137. The smallest absolute Gasteiger partial charge is 0.416 e. The van der Waals surface area contributed by atoms with Crippen molar-refractivity contribution in [3.63, 3.8) is 0 Å². The molecule has 1 aliphatic carbocycles. The maximum Gasteiger partial charge on any atom is 0.416 e. The minimum Gasteiger partial charge on any atom is -0.472 e. The summed E-state index contributed by atoms with van der Waals surface area (Å²) in [5.74, 6) is 0.685. The molecular formula is C22H23F3N4O2. The first-order valence-corrected chi connectivity index (χ1v) is 10.6. The lowest BCUT2D eigenvalue weighted by atomic mass is 10.1. The minimum atomic E-state index is -4.47. The number of fused-ring (bicyclic) bond motifs is 1. The van der Waals surface area contributed by atoms with Gasteiger partial charge >= 0.3 is 6.18 Å². The molecule has 1 amide bonds. The first kappa shape index (κ1) is 20.2. The van der Waals surface area contributed by atoms with E-state index in [1.54, 1.807) is 17.3 Å². The van der Waals surface area contributed by atoms with E-state index in [2.05, 4.69) is 14.9 Å². The van der Waals surface area contributed by atoms with E-state index in [1.807, 2.05) is 0 Å². The van der Waals surface area contributed by atoms with Crippen LogP contribution in [0.3, 0.4) is 0 Å². The second-order valence-electron chi connectivity index (χ2n) is 8.51. The topological polar surface area (TPSA) is 58.6 Å². The Morgan fingerprint density at radius 2 is 1.94 bits per heavy atom. The number of hydrogen-bond donors (Lipinski definition) is 0. The predicted molar refractivity (Wildman–Crippen MR) is 106 cm³/mol. The van der Waals surface area contributed by atoms with E-state index in [-0.39, 0.29) is 23.6 Å². The molecule has 6 nitrogen and oxygen atoms in total. The van der Waals surface area contributed by atoms with Gasteiger partial charge in [0.1, 0.15) is 6.10 Å². The van der Waals surface area contributed by atoms with Gasteiger partial charge in [0.2, 0.25) is 5.88 Å². The fourth-order valence-corrected chi connectivity index (χ4v) is 4.43. The van der Waals surface area contributed by atoms with E-state index in [1.165, 1.54) is 25.0 Å². The van der Waals surface area contributed by atoms with Crippen LogP contribution >= 0.6 is 0 Å². The number of rotatable bonds is 4. The zero-order valence-electron chi connectivity index (χ0n) is 16.9. The lowest BCUT2D eigenvalue weighted by Crippen LogP contribution is -2.52. The number of aromatic nitrogens is 2. The van der Waals surface area contributed by atoms with Crippen LogP contribution in [0, 0.1) is 0 Å². The Morgan fingerprint density at radius 1 is 1.10 bits per heavy atom. The lowest BCUT2D eigenvalue weighted by Gasteiger charge is -2.37. The molecule has 1 aromatic carbocycles. The van der Waals surface area contributed by atoms with E-state index in [0.717, 1.165) is 30.8 Å². The van der Waals surface area contributed by atoms with Crippen molar-refractivity contribution >= 4 is 5.91 Å². The first-order chi connectivity index (χ1) is 14.9. The third-order valence-corrected chi connectivity index (χ3v) is 6.23. The highest BCUT2D eigenvalue weighted by Crippen LogP contribution is 2.38. The average Bonchev–Trinajstić information content (AvgIpc) is 3.53. The fraction of sp³-hybridized carbons (Fsp3) is 0.500. The molecule has 1 aromatic heterocycles. The largest absolute Gasteiger partial charge is 0.472 e. The van der Waals surface area contributed by atoms with Gasteiger partial charge in [-0.05, 0) is 31.0 Å². The van der Waals surface area contributed by atoms with E-state index in [4.69, 9.17) is 4.74 Å². The maximum absolute atomic E-state index is 13.0. The van der Waals surface area contributed by atoms with E-state index < -0.39 is 11.7 Å². The van der Waals surface area contributed by atoms with Crippen molar-refractivity contribution in [2.24, 2.45) is 0 Å². The molecule has 3 aliphatic rings. The van der Waals surface area contributed by atoms with Crippen LogP contribution in [0.25, 0.3) is 0 Å². The quantitative estimate of drug-likeness (QED) is 0.742. The monoisotopic (exact) mass is 432 g/mol. The Bertz CT molecular complexity index is 962. The Hall–Kier alpha value is -2.68. The third kappa shape index (κ3) is 4.37. The van der Waals surface area contributed by atoms with Crippen molar-refractivity contribution in [2.75, 3.05) is 26.2 Å². The van der Waals surface area contributed by atoms with Crippen LogP contribution < -0.4 is 4.74 Å². The summed E-state index contributed by atoms with van der Waals surface area (Å²) in [5, 5.41) is 0. The Morgan fingerprint density at radius 3 is 2.65 bits per heavy atom. The predicted octanol–water partition coefficient (Wildman–Crippen LogP) is 3.35. The van der Waals surface area contributed by atoms with Crippen LogP contribution in [0.4, 0.5) is 13.2 Å². The van der Waals surface area contributed by atoms with Gasteiger partial charge in [-0.3, -0.25) is 14.7 Å². The van der Waals surface area contributed by atoms with Crippen molar-refractivity contribution in [1.82, 2.24) is 19.8 Å². The summed E-state index contributed by atoms with van der Waals surface area (Å²) >= 11 is 0. The number of carbonyl (C=O) groups is 1. The average molecular weight is 432 g/mol. The van der Waals surface area contributed by atoms with Gasteiger partial charge in [-0.2, -0.15) is 13.2 Å². The summed E-state index contributed by atoms with van der Waals surface area (Å²) in [6.07, 6.45) is 2.02. The van der Waals surface area contributed by atoms with E-state index >= 15 is 0 Å². The summed E-state index contributed by atoms with van der Waals surface area (Å²) in [6.45, 7) is 2.36. The van der Waals surface area contributed by atoms with Gasteiger partial charge in [0.05, 0.1) is 23.7 Å². The van der Waals surface area contributed by atoms with Crippen LogP contribution in [0.5, 0.6) is 5.88 Å². The van der Waals surface area contributed by atoms with Gasteiger partial charge in [-0.1, -0.05) is 6.07 Å². The molecule has 0 unspecified atom stereocenters. The standard InChI is InChI=1S/C22H23F3N4O2/c23-22(24,25)16-3-1-2-15(8-16)21(30)29-7-6-28-13-18(9-17(28)12-29)31-20-11-26-19(10-27-20)14-4-5-14/h1-3,8,10-11,14,17-18H,4-7,9,12-13H2/t17-,18-/m1/s1. The van der Waals surface area contributed by atoms with E-state index in [0.29, 0.717) is 31.4 Å². The minimum absolute atomic E-state index is 0.0466. The zero-order chi connectivity index (χ0) is 21.6. The molecule has 2 atom stereocenters. The molecule has 2 aliphatic heterocycles. The van der Waals surface area contributed by atoms with E-state index in [9.17, 15) is 18.0 Å². The number of halogens is 3. The first-order valence-electron chi connectivity index (χ1n) is 10.6. The fourth-order valence-electron chi connectivity index (χ4n) is 4.43. The summed E-state index contributed by atoms with van der Waals surface area (Å²) in [7, 11) is 0. The van der Waals surface area contributed by atoms with Gasteiger partial charge in [-0.15, -0.1) is 0 Å². The van der Waals surface area contributed by atoms with Crippen LogP contribution in [0.2, 0.25) is 0 Å². The molecule has 164 valence electrons. The van der Waals surface area contributed by atoms with Crippen molar-refractivity contribution < 1.29 is 22.7 Å². The molecule has 31 heavy (non-hydrogen) atoms. The molecule has 0 spiro atoms. The molecule has 3 fully saturated rings. The van der Waals surface area contributed by atoms with Crippen LogP contribution in [-0.4, -0.2) is 64.0 Å². The molecule has 3 heterocycles. The maximum atomic E-state index is 13.0. The third-order valence-electron chi connectivity index (χ3n) is 6.23. The Balaban J connectivity index is 1.20. The Kier molecular flexibility index (Phi) is 5.08. The number of alkyl halides is 3. The summed E-state index contributed by atoms with van der Waals surface area (Å²) in [6, 6.07) is 4.75. The Labute approximate surface area is 178 Å². The van der Waals surface area contributed by atoms with Gasteiger partial charge in [-0.25, -0.2) is 4.98 Å². The molecule has 2 aromatic rings. The normalized spacial score (nSPS) is 24.2. The van der Waals surface area contributed by atoms with Gasteiger partial charge in [0.25, 0.3) is 5.91 Å². The molecule has 0 radical (unpaired) electrons. The van der Waals surface area contributed by atoms with Crippen LogP contribution in [0.1, 0.15) is 46.8 Å². The number of piperazine rings is 1. The highest BCUT2D eigenvalue weighted by molar-refractivity contribution is 5.94. The summed E-state index contributed by atoms with van der Waals surface area (Å²) < 4.78 is 45.0. The van der Waals surface area contributed by atoms with Crippen molar-refractivity contribution in [1.29, 1.82) is 0 Å². The molecule has 0 bridgehead atoms. The number of hydrogen-bond acceptors (Lipinski definition) is 5. The SMILES string of the molecule is O=C(c1cccc(C(F)(F)F)c1)N1CCN2C[C@H](Oc3cnc(C4CC4)cn3)C[C@@H]2C1. The molecule has 5 rings (SSSR count). The van der Waals surface area contributed by atoms with Gasteiger partial charge in [0, 0.05) is 50.1 Å². The van der Waals surface area contributed by atoms with Crippen molar-refractivity contribution in [2.45, 2.75) is 43.5 Å². The van der Waals surface area contributed by atoms with Crippen molar-refractivity contribution in [3.05, 3.63) is 53.5 Å². The molecule has 1 saturated carbocycles. The number of ether oxygens (including phenoxy) is 1. The molecule has 2 saturated heterocycles.